The van der Waals surface area contributed by atoms with Crippen LogP contribution in [-0.2, 0) is 29.5 Å². The molecule has 0 aromatic carbocycles. The van der Waals surface area contributed by atoms with E-state index in [1.165, 1.54) is 0 Å². The maximum atomic E-state index is 6.22. The predicted molar refractivity (Wildman–Crippen MR) is 89.4 cm³/mol. The molecule has 2 aromatic heterocycles. The minimum absolute atomic E-state index is 0.310. The first-order chi connectivity index (χ1) is 11.2. The molecule has 130 valence electrons. The highest BCUT2D eigenvalue weighted by molar-refractivity contribution is 5.33. The third-order valence-electron chi connectivity index (χ3n) is 5.40. The number of hydrogen-bond donors (Lipinski definition) is 1. The fourth-order valence-corrected chi connectivity index (χ4v) is 4.20. The van der Waals surface area contributed by atoms with Gasteiger partial charge in [-0.1, -0.05) is 0 Å². The Bertz CT molecular complexity index is 781. The highest BCUT2D eigenvalue weighted by Gasteiger charge is 2.46. The zero-order valence-corrected chi connectivity index (χ0v) is 15.1. The molecule has 0 atom stereocenters. The molecule has 24 heavy (non-hydrogen) atoms. The Morgan fingerprint density at radius 2 is 1.92 bits per heavy atom. The van der Waals surface area contributed by atoms with E-state index >= 15 is 0 Å². The Kier molecular flexibility index (Phi) is 3.22. The largest absolute Gasteiger partial charge is 0.359 e. The van der Waals surface area contributed by atoms with Gasteiger partial charge in [-0.15, -0.1) is 10.2 Å². The van der Waals surface area contributed by atoms with Gasteiger partial charge >= 0.3 is 0 Å². The molecule has 2 aromatic rings. The summed E-state index contributed by atoms with van der Waals surface area (Å²) in [6.07, 6.45) is 3.92. The van der Waals surface area contributed by atoms with Crippen LogP contribution in [0, 0.1) is 0 Å². The number of rotatable bonds is 3. The second-order valence-electron chi connectivity index (χ2n) is 8.15. The van der Waals surface area contributed by atoms with Crippen molar-refractivity contribution in [1.82, 2.24) is 24.5 Å². The van der Waals surface area contributed by atoms with Crippen molar-refractivity contribution in [2.24, 2.45) is 12.8 Å². The van der Waals surface area contributed by atoms with Crippen LogP contribution in [0.25, 0.3) is 0 Å². The van der Waals surface area contributed by atoms with Crippen molar-refractivity contribution in [1.29, 1.82) is 0 Å². The number of aromatic nitrogens is 5. The van der Waals surface area contributed by atoms with Crippen LogP contribution < -0.4 is 5.73 Å². The molecule has 7 nitrogen and oxygen atoms in total. The van der Waals surface area contributed by atoms with E-state index in [1.54, 1.807) is 0 Å². The zero-order valence-electron chi connectivity index (χ0n) is 15.1. The molecule has 1 aliphatic carbocycles. The van der Waals surface area contributed by atoms with Gasteiger partial charge < -0.3 is 15.0 Å². The van der Waals surface area contributed by atoms with E-state index in [0.29, 0.717) is 18.5 Å². The van der Waals surface area contributed by atoms with Gasteiger partial charge in [0.15, 0.2) is 5.82 Å². The van der Waals surface area contributed by atoms with Crippen LogP contribution in [0.2, 0.25) is 0 Å². The molecule has 3 heterocycles. The van der Waals surface area contributed by atoms with Crippen LogP contribution in [0.1, 0.15) is 69.4 Å². The third kappa shape index (κ3) is 2.22. The molecule has 0 unspecified atom stereocenters. The molecule has 0 amide bonds. The Morgan fingerprint density at radius 3 is 2.58 bits per heavy atom. The standard InChI is InChI=1S/C17H26N6O/c1-16(2)12-8-19-23(14(12)17(3,4)24-16)9-13-20-21-15(22(13)5)10-6-11(18)7-10/h8,10-11H,6-7,9,18H2,1-5H3. The highest BCUT2D eigenvalue weighted by atomic mass is 16.5. The molecule has 0 bridgehead atoms. The van der Waals surface area contributed by atoms with Gasteiger partial charge in [-0.3, -0.25) is 4.68 Å². The number of nitrogens with two attached hydrogens (primary N) is 1. The summed E-state index contributed by atoms with van der Waals surface area (Å²) in [5.74, 6) is 2.39. The smallest absolute Gasteiger partial charge is 0.154 e. The van der Waals surface area contributed by atoms with Gasteiger partial charge in [0.25, 0.3) is 0 Å². The minimum atomic E-state index is -0.364. The van der Waals surface area contributed by atoms with E-state index in [4.69, 9.17) is 10.5 Å². The summed E-state index contributed by atoms with van der Waals surface area (Å²) in [6, 6.07) is 0.310. The van der Waals surface area contributed by atoms with E-state index in [1.807, 2.05) is 17.9 Å². The topological polar surface area (TPSA) is 83.8 Å². The van der Waals surface area contributed by atoms with E-state index in [-0.39, 0.29) is 11.2 Å². The Hall–Kier alpha value is -1.73. The van der Waals surface area contributed by atoms with Crippen LogP contribution in [-0.4, -0.2) is 30.6 Å². The summed E-state index contributed by atoms with van der Waals surface area (Å²) < 4.78 is 10.3. The lowest BCUT2D eigenvalue weighted by atomic mass is 9.80. The van der Waals surface area contributed by atoms with Gasteiger partial charge in [-0.2, -0.15) is 5.10 Å². The summed E-state index contributed by atoms with van der Waals surface area (Å²) in [7, 11) is 2.03. The van der Waals surface area contributed by atoms with Crippen molar-refractivity contribution >= 4 is 0 Å². The number of fused-ring (bicyclic) bond motifs is 1. The van der Waals surface area contributed by atoms with Crippen LogP contribution in [0.5, 0.6) is 0 Å². The van der Waals surface area contributed by atoms with Gasteiger partial charge in [-0.25, -0.2) is 0 Å². The first kappa shape index (κ1) is 15.8. The SMILES string of the molecule is Cn1c(Cn2ncc3c2C(C)(C)OC3(C)C)nnc1C1CC(N)C1. The lowest BCUT2D eigenvalue weighted by Crippen LogP contribution is -2.36. The number of ether oxygens (including phenoxy) is 1. The molecule has 7 heteroatoms. The van der Waals surface area contributed by atoms with Crippen molar-refractivity contribution in [2.75, 3.05) is 0 Å². The molecular weight excluding hydrogens is 304 g/mol. The maximum absolute atomic E-state index is 6.22. The van der Waals surface area contributed by atoms with Crippen LogP contribution in [0.15, 0.2) is 6.20 Å². The van der Waals surface area contributed by atoms with Gasteiger partial charge in [0.2, 0.25) is 0 Å². The second-order valence-corrected chi connectivity index (χ2v) is 8.15. The first-order valence-electron chi connectivity index (χ1n) is 8.60. The molecule has 0 saturated heterocycles. The quantitative estimate of drug-likeness (QED) is 0.927. The Labute approximate surface area is 142 Å². The van der Waals surface area contributed by atoms with Gasteiger partial charge in [0.1, 0.15) is 18.0 Å². The molecule has 1 aliphatic heterocycles. The molecule has 2 N–H and O–H groups in total. The predicted octanol–water partition coefficient (Wildman–Crippen LogP) is 1.76. The van der Waals surface area contributed by atoms with Crippen LogP contribution in [0.4, 0.5) is 0 Å². The summed E-state index contributed by atoms with van der Waals surface area (Å²) in [5.41, 5.74) is 7.51. The summed E-state index contributed by atoms with van der Waals surface area (Å²) in [4.78, 5) is 0. The number of hydrogen-bond acceptors (Lipinski definition) is 5. The third-order valence-corrected chi connectivity index (χ3v) is 5.40. The summed E-state index contributed by atoms with van der Waals surface area (Å²) in [5, 5.41) is 13.4. The van der Waals surface area contributed by atoms with Gasteiger partial charge in [0.05, 0.1) is 17.5 Å². The normalized spacial score (nSPS) is 27.1. The average Bonchev–Trinajstić information content (AvgIpc) is 3.05. The summed E-state index contributed by atoms with van der Waals surface area (Å²) in [6.45, 7) is 8.97. The Morgan fingerprint density at radius 1 is 1.21 bits per heavy atom. The average molecular weight is 330 g/mol. The minimum Gasteiger partial charge on any atom is -0.359 e. The molecule has 0 spiro atoms. The van der Waals surface area contributed by atoms with Crippen molar-refractivity contribution in [2.45, 2.75) is 70.2 Å². The van der Waals surface area contributed by atoms with Crippen LogP contribution in [0.3, 0.4) is 0 Å². The Balaban J connectivity index is 1.64. The molecule has 1 saturated carbocycles. The van der Waals surface area contributed by atoms with Crippen molar-refractivity contribution in [3.05, 3.63) is 29.1 Å². The molecular formula is C17H26N6O. The van der Waals surface area contributed by atoms with Crippen molar-refractivity contribution in [3.8, 4) is 0 Å². The highest BCUT2D eigenvalue weighted by Crippen LogP contribution is 2.46. The second kappa shape index (κ2) is 4.89. The lowest BCUT2D eigenvalue weighted by molar-refractivity contribution is -0.108. The monoisotopic (exact) mass is 330 g/mol. The molecule has 1 fully saturated rings. The molecule has 2 aliphatic rings. The van der Waals surface area contributed by atoms with Crippen molar-refractivity contribution < 1.29 is 4.74 Å². The first-order valence-corrected chi connectivity index (χ1v) is 8.60. The summed E-state index contributed by atoms with van der Waals surface area (Å²) >= 11 is 0. The van der Waals surface area contributed by atoms with Gasteiger partial charge in [-0.05, 0) is 40.5 Å². The number of nitrogens with zero attached hydrogens (tertiary/aromatic N) is 5. The van der Waals surface area contributed by atoms with E-state index < -0.39 is 0 Å². The van der Waals surface area contributed by atoms with E-state index in [2.05, 4.69) is 47.6 Å². The van der Waals surface area contributed by atoms with Crippen LogP contribution >= 0.6 is 0 Å². The van der Waals surface area contributed by atoms with E-state index in [0.717, 1.165) is 35.7 Å². The van der Waals surface area contributed by atoms with E-state index in [9.17, 15) is 0 Å². The molecule has 0 radical (unpaired) electrons. The maximum Gasteiger partial charge on any atom is 0.154 e. The van der Waals surface area contributed by atoms with Crippen molar-refractivity contribution in [3.63, 3.8) is 0 Å². The fraction of sp³-hybridized carbons (Fsp3) is 0.706. The molecule has 4 rings (SSSR count). The zero-order chi connectivity index (χ0) is 17.3. The van der Waals surface area contributed by atoms with Gasteiger partial charge in [0, 0.05) is 24.6 Å². The fourth-order valence-electron chi connectivity index (χ4n) is 4.20. The lowest BCUT2D eigenvalue weighted by Gasteiger charge is -2.31.